The summed E-state index contributed by atoms with van der Waals surface area (Å²) in [5, 5.41) is 21.2. The van der Waals surface area contributed by atoms with Gasteiger partial charge in [0, 0.05) is 6.54 Å². The molecule has 0 aliphatic heterocycles. The number of carboxylic acid groups (broad SMARTS) is 1. The van der Waals surface area contributed by atoms with E-state index in [0.29, 0.717) is 10.6 Å². The van der Waals surface area contributed by atoms with Crippen LogP contribution in [-0.4, -0.2) is 34.3 Å². The van der Waals surface area contributed by atoms with Gasteiger partial charge in [0.2, 0.25) is 5.71 Å². The molecule has 2 amide bonds. The van der Waals surface area contributed by atoms with Gasteiger partial charge in [0.25, 0.3) is 5.91 Å². The van der Waals surface area contributed by atoms with Gasteiger partial charge in [0.05, 0.1) is 5.69 Å². The normalized spacial score (nSPS) is 10.4. The number of hydrogen-bond acceptors (Lipinski definition) is 5. The van der Waals surface area contributed by atoms with Gasteiger partial charge in [-0.3, -0.25) is 10.2 Å². The lowest BCUT2D eigenvalue weighted by Gasteiger charge is -2.13. The average molecular weight is 260 g/mol. The lowest BCUT2D eigenvalue weighted by Crippen LogP contribution is -2.40. The third-order valence-electron chi connectivity index (χ3n) is 2.17. The molecular formula is C12H12N4O3. The van der Waals surface area contributed by atoms with Gasteiger partial charge in [-0.05, 0) is 19.1 Å². The zero-order valence-corrected chi connectivity index (χ0v) is 10.2. The van der Waals surface area contributed by atoms with Crippen molar-refractivity contribution < 1.29 is 14.7 Å². The molecular weight excluding hydrogens is 248 g/mol. The number of amides is 2. The average Bonchev–Trinajstić information content (AvgIpc) is 2.41. The minimum absolute atomic E-state index is 0.0554. The highest BCUT2D eigenvalue weighted by Gasteiger charge is 2.23. The van der Waals surface area contributed by atoms with Crippen LogP contribution in [0.15, 0.2) is 35.4 Å². The zero-order valence-electron chi connectivity index (χ0n) is 10.2. The summed E-state index contributed by atoms with van der Waals surface area (Å²) in [5.74, 6) is -0.957. The molecule has 0 atom stereocenters. The molecule has 0 unspecified atom stereocenters. The molecule has 0 aromatic heterocycles. The van der Waals surface area contributed by atoms with Crippen molar-refractivity contribution in [2.45, 2.75) is 6.92 Å². The van der Waals surface area contributed by atoms with Crippen molar-refractivity contribution in [3.8, 4) is 6.07 Å². The molecule has 0 bridgehead atoms. The zero-order chi connectivity index (χ0) is 14.3. The molecule has 0 heterocycles. The highest BCUT2D eigenvalue weighted by atomic mass is 16.4. The number of nitrogens with zero attached hydrogens (tertiary/aromatic N) is 3. The topological polar surface area (TPSA) is 106 Å². The van der Waals surface area contributed by atoms with Crippen LogP contribution in [0, 0.1) is 11.3 Å². The number of anilines is 1. The van der Waals surface area contributed by atoms with Gasteiger partial charge in [-0.2, -0.15) is 10.4 Å². The van der Waals surface area contributed by atoms with Gasteiger partial charge in [-0.15, -0.1) is 0 Å². The lowest BCUT2D eigenvalue weighted by atomic mass is 10.3. The van der Waals surface area contributed by atoms with Crippen molar-refractivity contribution >= 4 is 23.4 Å². The minimum atomic E-state index is -1.42. The molecule has 1 rings (SSSR count). The quantitative estimate of drug-likeness (QED) is 0.630. The summed E-state index contributed by atoms with van der Waals surface area (Å²) in [6.07, 6.45) is -1.42. The molecule has 0 saturated carbocycles. The van der Waals surface area contributed by atoms with Crippen LogP contribution in [-0.2, 0) is 4.79 Å². The van der Waals surface area contributed by atoms with Gasteiger partial charge in [0.15, 0.2) is 0 Å². The van der Waals surface area contributed by atoms with E-state index in [1.54, 1.807) is 36.4 Å². The first-order chi connectivity index (χ1) is 9.10. The molecule has 1 aromatic rings. The molecule has 19 heavy (non-hydrogen) atoms. The SMILES string of the molecule is CCN(C(=O)O)C(=O)C(C#N)=NNc1ccccc1. The number of imide groups is 1. The summed E-state index contributed by atoms with van der Waals surface area (Å²) in [5.41, 5.74) is 2.58. The van der Waals surface area contributed by atoms with Gasteiger partial charge < -0.3 is 5.11 Å². The first-order valence-electron chi connectivity index (χ1n) is 5.43. The van der Waals surface area contributed by atoms with Crippen LogP contribution in [0.25, 0.3) is 0 Å². The van der Waals surface area contributed by atoms with Crippen LogP contribution >= 0.6 is 0 Å². The molecule has 0 radical (unpaired) electrons. The van der Waals surface area contributed by atoms with Gasteiger partial charge in [0.1, 0.15) is 6.07 Å². The lowest BCUT2D eigenvalue weighted by molar-refractivity contribution is -0.121. The number of para-hydroxylation sites is 1. The summed E-state index contributed by atoms with van der Waals surface area (Å²) < 4.78 is 0. The molecule has 7 heteroatoms. The van der Waals surface area contributed by atoms with E-state index < -0.39 is 17.7 Å². The molecule has 0 aliphatic rings. The van der Waals surface area contributed by atoms with E-state index in [-0.39, 0.29) is 6.54 Å². The molecule has 1 aromatic carbocycles. The molecule has 7 nitrogen and oxygen atoms in total. The summed E-state index contributed by atoms with van der Waals surface area (Å²) in [7, 11) is 0. The van der Waals surface area contributed by atoms with Gasteiger partial charge in [-0.25, -0.2) is 9.69 Å². The van der Waals surface area contributed by atoms with Crippen LogP contribution in [0.3, 0.4) is 0 Å². The highest BCUT2D eigenvalue weighted by molar-refractivity contribution is 6.46. The van der Waals surface area contributed by atoms with E-state index in [1.807, 2.05) is 0 Å². The summed E-state index contributed by atoms with van der Waals surface area (Å²) in [6, 6.07) is 10.3. The molecule has 0 saturated heterocycles. The van der Waals surface area contributed by atoms with Crippen molar-refractivity contribution in [2.24, 2.45) is 5.10 Å². The smallest absolute Gasteiger partial charge is 0.414 e. The monoisotopic (exact) mass is 260 g/mol. The Kier molecular flexibility index (Phi) is 5.04. The van der Waals surface area contributed by atoms with Gasteiger partial charge in [-0.1, -0.05) is 18.2 Å². The van der Waals surface area contributed by atoms with E-state index in [4.69, 9.17) is 10.4 Å². The maximum absolute atomic E-state index is 11.7. The van der Waals surface area contributed by atoms with Crippen LogP contribution < -0.4 is 5.43 Å². The third-order valence-corrected chi connectivity index (χ3v) is 2.17. The van der Waals surface area contributed by atoms with Crippen molar-refractivity contribution in [3.05, 3.63) is 30.3 Å². The van der Waals surface area contributed by atoms with Crippen molar-refractivity contribution in [1.82, 2.24) is 4.90 Å². The maximum atomic E-state index is 11.7. The number of hydrogen-bond donors (Lipinski definition) is 2. The predicted octanol–water partition coefficient (Wildman–Crippen LogP) is 1.50. The third kappa shape index (κ3) is 3.81. The fraction of sp³-hybridized carbons (Fsp3) is 0.167. The predicted molar refractivity (Wildman–Crippen MR) is 68.5 cm³/mol. The van der Waals surface area contributed by atoms with Gasteiger partial charge >= 0.3 is 6.09 Å². The Morgan fingerprint density at radius 1 is 1.42 bits per heavy atom. The van der Waals surface area contributed by atoms with E-state index in [0.717, 1.165) is 0 Å². The van der Waals surface area contributed by atoms with Crippen molar-refractivity contribution in [2.75, 3.05) is 12.0 Å². The summed E-state index contributed by atoms with van der Waals surface area (Å²) in [6.45, 7) is 1.44. The second-order valence-corrected chi connectivity index (χ2v) is 3.38. The molecule has 0 spiro atoms. The second-order valence-electron chi connectivity index (χ2n) is 3.38. The van der Waals surface area contributed by atoms with Crippen LogP contribution in [0.1, 0.15) is 6.92 Å². The Bertz CT molecular complexity index is 534. The first kappa shape index (κ1) is 14.2. The molecule has 2 N–H and O–H groups in total. The van der Waals surface area contributed by atoms with Crippen LogP contribution in [0.4, 0.5) is 10.5 Å². The fourth-order valence-electron chi connectivity index (χ4n) is 1.25. The molecule has 0 fully saturated rings. The van der Waals surface area contributed by atoms with E-state index in [9.17, 15) is 9.59 Å². The number of benzene rings is 1. The Hall–Kier alpha value is -2.88. The van der Waals surface area contributed by atoms with Crippen molar-refractivity contribution in [1.29, 1.82) is 5.26 Å². The number of carbonyl (C=O) groups excluding carboxylic acids is 1. The first-order valence-corrected chi connectivity index (χ1v) is 5.43. The Morgan fingerprint density at radius 2 is 2.05 bits per heavy atom. The largest absolute Gasteiger partial charge is 0.465 e. The number of carbonyl (C=O) groups is 2. The Labute approximate surface area is 109 Å². The maximum Gasteiger partial charge on any atom is 0.414 e. The van der Waals surface area contributed by atoms with E-state index >= 15 is 0 Å². The van der Waals surface area contributed by atoms with Crippen molar-refractivity contribution in [3.63, 3.8) is 0 Å². The Morgan fingerprint density at radius 3 is 2.53 bits per heavy atom. The number of rotatable bonds is 4. The molecule has 98 valence electrons. The Balaban J connectivity index is 2.86. The number of nitrogens with one attached hydrogen (secondary N) is 1. The minimum Gasteiger partial charge on any atom is -0.465 e. The summed E-state index contributed by atoms with van der Waals surface area (Å²) in [4.78, 5) is 23.0. The van der Waals surface area contributed by atoms with E-state index in [2.05, 4.69) is 10.5 Å². The standard InChI is InChI=1S/C12H12N4O3/c1-2-16(12(18)19)11(17)10(8-13)15-14-9-6-4-3-5-7-9/h3-7,14H,2H2,1H3,(H,18,19). The highest BCUT2D eigenvalue weighted by Crippen LogP contribution is 2.05. The second kappa shape index (κ2) is 6.76. The molecule has 0 aliphatic carbocycles. The number of nitriles is 1. The van der Waals surface area contributed by atoms with Crippen LogP contribution in [0.5, 0.6) is 0 Å². The van der Waals surface area contributed by atoms with Crippen LogP contribution in [0.2, 0.25) is 0 Å². The fourth-order valence-corrected chi connectivity index (χ4v) is 1.25. The number of hydrazone groups is 1. The summed E-state index contributed by atoms with van der Waals surface area (Å²) >= 11 is 0. The van der Waals surface area contributed by atoms with E-state index in [1.165, 1.54) is 6.92 Å².